The van der Waals surface area contributed by atoms with Crippen molar-refractivity contribution in [2.75, 3.05) is 26.4 Å². The van der Waals surface area contributed by atoms with Gasteiger partial charge in [0.2, 0.25) is 0 Å². The molecule has 0 saturated carbocycles. The van der Waals surface area contributed by atoms with Gasteiger partial charge in [0, 0.05) is 6.42 Å². The smallest absolute Gasteiger partial charge is 0.303 e. The molecule has 1 aliphatic heterocycles. The zero-order chi connectivity index (χ0) is 19.1. The lowest BCUT2D eigenvalue weighted by Gasteiger charge is -2.09. The van der Waals surface area contributed by atoms with Gasteiger partial charge in [-0.3, -0.25) is 4.79 Å². The zero-order valence-electron chi connectivity index (χ0n) is 17.1. The van der Waals surface area contributed by atoms with Crippen molar-refractivity contribution < 1.29 is 19.4 Å². The van der Waals surface area contributed by atoms with Gasteiger partial charge in [0.15, 0.2) is 0 Å². The van der Waals surface area contributed by atoms with Gasteiger partial charge in [-0.1, -0.05) is 70.4 Å². The predicted octanol–water partition coefficient (Wildman–Crippen LogP) is 6.14. The second-order valence-corrected chi connectivity index (χ2v) is 6.95. The number of carboxylic acids is 1. The monoisotopic (exact) mass is 370 g/mol. The van der Waals surface area contributed by atoms with Crippen molar-refractivity contribution >= 4 is 5.97 Å². The van der Waals surface area contributed by atoms with Crippen LogP contribution in [-0.4, -0.2) is 37.5 Å². The van der Waals surface area contributed by atoms with Crippen molar-refractivity contribution in [3.63, 3.8) is 0 Å². The first-order valence-electron chi connectivity index (χ1n) is 10.8. The standard InChI is InChI=1S/C18H34O2.C4H8O2/c1-2-3-4-5-6-7-8-9-10-11-12-13-14-15-16-17-18(19)20;1-2-6-4-3-5-1/h9-10H,2-8,11-17H2,1H3,(H,19,20);1-4H2/b10-9-;. The molecule has 1 N–H and O–H groups in total. The van der Waals surface area contributed by atoms with Crippen LogP contribution in [-0.2, 0) is 14.3 Å². The molecule has 0 aromatic heterocycles. The normalized spacial score (nSPS) is 14.2. The highest BCUT2D eigenvalue weighted by atomic mass is 16.6. The molecular formula is C22H42O4. The molecule has 0 bridgehead atoms. The van der Waals surface area contributed by atoms with Gasteiger partial charge >= 0.3 is 5.97 Å². The molecule has 0 atom stereocenters. The van der Waals surface area contributed by atoms with E-state index in [2.05, 4.69) is 19.1 Å². The van der Waals surface area contributed by atoms with Crippen LogP contribution in [0.25, 0.3) is 0 Å². The minimum absolute atomic E-state index is 0.332. The molecular weight excluding hydrogens is 328 g/mol. The molecule has 0 aromatic rings. The number of allylic oxidation sites excluding steroid dienone is 2. The lowest BCUT2D eigenvalue weighted by Crippen LogP contribution is -2.16. The molecule has 154 valence electrons. The third-order valence-electron chi connectivity index (χ3n) is 4.40. The highest BCUT2D eigenvalue weighted by Gasteiger charge is 1.96. The van der Waals surface area contributed by atoms with E-state index in [-0.39, 0.29) is 0 Å². The topological polar surface area (TPSA) is 55.8 Å². The number of hydrogen-bond donors (Lipinski definition) is 1. The fourth-order valence-corrected chi connectivity index (χ4v) is 2.79. The first-order valence-corrected chi connectivity index (χ1v) is 10.8. The molecule has 0 aliphatic carbocycles. The Labute approximate surface area is 161 Å². The molecule has 4 heteroatoms. The van der Waals surface area contributed by atoms with Crippen molar-refractivity contribution in [2.24, 2.45) is 0 Å². The summed E-state index contributed by atoms with van der Waals surface area (Å²) in [5.74, 6) is -0.664. The molecule has 0 aromatic carbocycles. The van der Waals surface area contributed by atoms with Gasteiger partial charge < -0.3 is 14.6 Å². The van der Waals surface area contributed by atoms with Crippen LogP contribution in [0.3, 0.4) is 0 Å². The van der Waals surface area contributed by atoms with E-state index >= 15 is 0 Å². The van der Waals surface area contributed by atoms with Crippen LogP contribution in [0.2, 0.25) is 0 Å². The second-order valence-electron chi connectivity index (χ2n) is 6.95. The fourth-order valence-electron chi connectivity index (χ4n) is 2.79. The van der Waals surface area contributed by atoms with Gasteiger partial charge in [0.05, 0.1) is 26.4 Å². The number of hydrogen-bond acceptors (Lipinski definition) is 3. The highest BCUT2D eigenvalue weighted by molar-refractivity contribution is 5.66. The maximum atomic E-state index is 10.3. The molecule has 0 amide bonds. The third-order valence-corrected chi connectivity index (χ3v) is 4.40. The largest absolute Gasteiger partial charge is 0.481 e. The predicted molar refractivity (Wildman–Crippen MR) is 109 cm³/mol. The highest BCUT2D eigenvalue weighted by Crippen LogP contribution is 2.09. The van der Waals surface area contributed by atoms with Crippen LogP contribution in [0.1, 0.15) is 96.8 Å². The maximum Gasteiger partial charge on any atom is 0.303 e. The van der Waals surface area contributed by atoms with Gasteiger partial charge in [-0.2, -0.15) is 0 Å². The minimum atomic E-state index is -0.664. The van der Waals surface area contributed by atoms with E-state index in [0.717, 1.165) is 39.3 Å². The van der Waals surface area contributed by atoms with E-state index < -0.39 is 5.97 Å². The third kappa shape index (κ3) is 23.1. The molecule has 1 heterocycles. The number of carbonyl (C=O) groups is 1. The van der Waals surface area contributed by atoms with Crippen molar-refractivity contribution in [1.82, 2.24) is 0 Å². The summed E-state index contributed by atoms with van der Waals surface area (Å²) in [7, 11) is 0. The fraction of sp³-hybridized carbons (Fsp3) is 0.864. The lowest BCUT2D eigenvalue weighted by molar-refractivity contribution is -0.137. The Morgan fingerprint density at radius 3 is 1.58 bits per heavy atom. The van der Waals surface area contributed by atoms with Gasteiger partial charge in [-0.15, -0.1) is 0 Å². The van der Waals surface area contributed by atoms with Crippen LogP contribution in [0.4, 0.5) is 0 Å². The van der Waals surface area contributed by atoms with E-state index in [4.69, 9.17) is 14.6 Å². The van der Waals surface area contributed by atoms with Crippen LogP contribution in [0, 0.1) is 0 Å². The van der Waals surface area contributed by atoms with Crippen molar-refractivity contribution in [1.29, 1.82) is 0 Å². The second kappa shape index (κ2) is 22.2. The Morgan fingerprint density at radius 1 is 0.731 bits per heavy atom. The number of ether oxygens (including phenoxy) is 2. The Hall–Kier alpha value is -0.870. The molecule has 1 rings (SSSR count). The summed E-state index contributed by atoms with van der Waals surface area (Å²) in [4.78, 5) is 10.3. The Balaban J connectivity index is 0.000000867. The first kappa shape index (κ1) is 25.1. The van der Waals surface area contributed by atoms with Crippen LogP contribution in [0.5, 0.6) is 0 Å². The quantitative estimate of drug-likeness (QED) is 0.278. The number of carboxylic acid groups (broad SMARTS) is 1. The minimum Gasteiger partial charge on any atom is -0.481 e. The molecule has 4 nitrogen and oxygen atoms in total. The van der Waals surface area contributed by atoms with E-state index in [1.54, 1.807) is 0 Å². The average Bonchev–Trinajstić information content (AvgIpc) is 2.66. The molecule has 26 heavy (non-hydrogen) atoms. The lowest BCUT2D eigenvalue weighted by atomic mass is 10.1. The summed E-state index contributed by atoms with van der Waals surface area (Å²) in [6.45, 7) is 5.37. The van der Waals surface area contributed by atoms with Crippen LogP contribution in [0.15, 0.2) is 12.2 Å². The molecule has 1 saturated heterocycles. The molecule has 0 spiro atoms. The first-order chi connectivity index (χ1) is 12.8. The summed E-state index contributed by atoms with van der Waals surface area (Å²) < 4.78 is 9.89. The molecule has 0 unspecified atom stereocenters. The SMILES string of the molecule is C1COCCO1.CCCCCCCC/C=C\CCCCCCCC(=O)O. The van der Waals surface area contributed by atoms with Gasteiger partial charge in [-0.25, -0.2) is 0 Å². The zero-order valence-corrected chi connectivity index (χ0v) is 17.1. The van der Waals surface area contributed by atoms with Crippen molar-refractivity contribution in [3.8, 4) is 0 Å². The van der Waals surface area contributed by atoms with Crippen molar-refractivity contribution in [3.05, 3.63) is 12.2 Å². The number of unbranched alkanes of at least 4 members (excludes halogenated alkanes) is 11. The van der Waals surface area contributed by atoms with Crippen LogP contribution >= 0.6 is 0 Å². The van der Waals surface area contributed by atoms with Gasteiger partial charge in [-0.05, 0) is 32.1 Å². The summed E-state index contributed by atoms with van der Waals surface area (Å²) in [5, 5.41) is 8.51. The summed E-state index contributed by atoms with van der Waals surface area (Å²) >= 11 is 0. The summed E-state index contributed by atoms with van der Waals surface area (Å²) in [6.07, 6.45) is 21.2. The Kier molecular flexibility index (Phi) is 21.4. The molecule has 1 fully saturated rings. The Bertz CT molecular complexity index is 300. The van der Waals surface area contributed by atoms with E-state index in [9.17, 15) is 4.79 Å². The van der Waals surface area contributed by atoms with Gasteiger partial charge in [0.1, 0.15) is 0 Å². The Morgan fingerprint density at radius 2 is 1.15 bits per heavy atom. The maximum absolute atomic E-state index is 10.3. The van der Waals surface area contributed by atoms with Crippen molar-refractivity contribution in [2.45, 2.75) is 96.8 Å². The molecule has 1 aliphatic rings. The summed E-state index contributed by atoms with van der Waals surface area (Å²) in [5.41, 5.74) is 0. The van der Waals surface area contributed by atoms with Crippen LogP contribution < -0.4 is 0 Å². The summed E-state index contributed by atoms with van der Waals surface area (Å²) in [6, 6.07) is 0. The average molecular weight is 371 g/mol. The van der Waals surface area contributed by atoms with E-state index in [1.165, 1.54) is 70.6 Å². The van der Waals surface area contributed by atoms with E-state index in [1.807, 2.05) is 0 Å². The molecule has 0 radical (unpaired) electrons. The number of rotatable bonds is 15. The van der Waals surface area contributed by atoms with E-state index in [0.29, 0.717) is 6.42 Å². The van der Waals surface area contributed by atoms with Gasteiger partial charge in [0.25, 0.3) is 0 Å². The number of aliphatic carboxylic acids is 1.